The van der Waals surface area contributed by atoms with Crippen molar-refractivity contribution in [2.24, 2.45) is 5.92 Å². The first kappa shape index (κ1) is 20.3. The maximum absolute atomic E-state index is 2.53. The highest BCUT2D eigenvalue weighted by atomic mass is 32.2. The van der Waals surface area contributed by atoms with Gasteiger partial charge in [-0.1, -0.05) is 92.4 Å². The minimum Gasteiger partial charge on any atom is -0.155 e. The molecule has 0 aromatic rings. The lowest BCUT2D eigenvalue weighted by atomic mass is 9.95. The largest absolute Gasteiger partial charge is 0.155 e. The zero-order valence-electron chi connectivity index (χ0n) is 15.0. The van der Waals surface area contributed by atoms with Gasteiger partial charge in [-0.05, 0) is 24.5 Å². The zero-order valence-corrected chi connectivity index (χ0v) is 15.8. The molecule has 0 N–H and O–H groups in total. The van der Waals surface area contributed by atoms with E-state index in [2.05, 4.69) is 46.4 Å². The molecule has 0 rings (SSSR count). The van der Waals surface area contributed by atoms with Gasteiger partial charge in [0.15, 0.2) is 0 Å². The van der Waals surface area contributed by atoms with Crippen molar-refractivity contribution in [1.29, 1.82) is 0 Å². The molecule has 1 unspecified atom stereocenters. The molecule has 0 bridgehead atoms. The lowest BCUT2D eigenvalue weighted by Crippen LogP contribution is -2.21. The summed E-state index contributed by atoms with van der Waals surface area (Å²) in [6.45, 7) is 11.8. The molecule has 0 heterocycles. The van der Waals surface area contributed by atoms with Gasteiger partial charge in [-0.3, -0.25) is 0 Å². The van der Waals surface area contributed by atoms with Gasteiger partial charge in [-0.15, -0.1) is 0 Å². The van der Waals surface area contributed by atoms with E-state index in [1.165, 1.54) is 76.4 Å². The first-order valence-electron chi connectivity index (χ1n) is 9.18. The van der Waals surface area contributed by atoms with Crippen LogP contribution in [0.3, 0.4) is 0 Å². The third-order valence-electron chi connectivity index (χ3n) is 4.13. The minimum atomic E-state index is 0.546. The normalized spacial score (nSPS) is 14.7. The molecule has 1 atom stereocenters. The third-order valence-corrected chi connectivity index (χ3v) is 6.07. The van der Waals surface area contributed by atoms with Gasteiger partial charge in [0.05, 0.1) is 0 Å². The lowest BCUT2D eigenvalue weighted by molar-refractivity contribution is 0.470. The smallest absolute Gasteiger partial charge is 0.0132 e. The van der Waals surface area contributed by atoms with Crippen LogP contribution in [0.25, 0.3) is 0 Å². The Morgan fingerprint density at radius 1 is 0.750 bits per heavy atom. The Balaban J connectivity index is 4.01. The summed E-state index contributed by atoms with van der Waals surface area (Å²) >= 11 is 2.25. The van der Waals surface area contributed by atoms with Gasteiger partial charge in [-0.25, -0.2) is 0 Å². The fourth-order valence-electron chi connectivity index (χ4n) is 2.67. The van der Waals surface area contributed by atoms with E-state index in [4.69, 9.17) is 0 Å². The first-order chi connectivity index (χ1) is 9.54. The van der Waals surface area contributed by atoms with Gasteiger partial charge in [0.25, 0.3) is 0 Å². The van der Waals surface area contributed by atoms with E-state index >= 15 is 0 Å². The highest BCUT2D eigenvalue weighted by molar-refractivity contribution is 8.00. The Bertz CT molecular complexity index is 200. The summed E-state index contributed by atoms with van der Waals surface area (Å²) < 4.78 is 0.546. The van der Waals surface area contributed by atoms with Crippen LogP contribution in [0, 0.1) is 5.92 Å². The summed E-state index contributed by atoms with van der Waals surface area (Å²) in [6, 6.07) is 0. The molecule has 0 aliphatic heterocycles. The molecule has 0 fully saturated rings. The van der Waals surface area contributed by atoms with E-state index in [1.807, 2.05) is 0 Å². The number of hydrogen-bond acceptors (Lipinski definition) is 1. The second-order valence-corrected chi connectivity index (χ2v) is 8.74. The van der Waals surface area contributed by atoms with Crippen molar-refractivity contribution in [1.82, 2.24) is 0 Å². The van der Waals surface area contributed by atoms with Crippen LogP contribution in [0.5, 0.6) is 0 Å². The summed E-state index contributed by atoms with van der Waals surface area (Å²) in [5, 5.41) is 0. The maximum Gasteiger partial charge on any atom is 0.0132 e. The molecular weight excluding hydrogens is 260 g/mol. The molecule has 0 radical (unpaired) electrons. The summed E-state index contributed by atoms with van der Waals surface area (Å²) in [5.41, 5.74) is 0. The third kappa shape index (κ3) is 12.1. The highest BCUT2D eigenvalue weighted by Gasteiger charge is 2.24. The number of unbranched alkanes of at least 4 members (excludes halogenated alkanes) is 7. The molecule has 0 saturated carbocycles. The number of rotatable bonds is 14. The van der Waals surface area contributed by atoms with Crippen molar-refractivity contribution < 1.29 is 0 Å². The van der Waals surface area contributed by atoms with Crippen LogP contribution >= 0.6 is 11.8 Å². The standard InChI is InChI=1S/C19H40S/c1-6-8-10-12-14-16-19(5,20-17-18(3)4)15-13-11-9-7-2/h18H,6-17H2,1-5H3. The monoisotopic (exact) mass is 300 g/mol. The Labute approximate surface area is 133 Å². The molecule has 0 saturated heterocycles. The second kappa shape index (κ2) is 13.0. The molecule has 0 aliphatic rings. The highest BCUT2D eigenvalue weighted by Crippen LogP contribution is 2.37. The van der Waals surface area contributed by atoms with Gasteiger partial charge in [-0.2, -0.15) is 11.8 Å². The van der Waals surface area contributed by atoms with Crippen molar-refractivity contribution in [3.8, 4) is 0 Å². The lowest BCUT2D eigenvalue weighted by Gasteiger charge is -2.30. The number of hydrogen-bond donors (Lipinski definition) is 0. The van der Waals surface area contributed by atoms with E-state index in [9.17, 15) is 0 Å². The van der Waals surface area contributed by atoms with Gasteiger partial charge in [0, 0.05) is 4.75 Å². The molecule has 20 heavy (non-hydrogen) atoms. The quantitative estimate of drug-likeness (QED) is 0.300. The van der Waals surface area contributed by atoms with Crippen LogP contribution < -0.4 is 0 Å². The summed E-state index contributed by atoms with van der Waals surface area (Å²) in [5.74, 6) is 2.16. The second-order valence-electron chi connectivity index (χ2n) is 7.13. The zero-order chi connectivity index (χ0) is 15.3. The maximum atomic E-state index is 2.53. The Kier molecular flexibility index (Phi) is 13.3. The molecule has 0 nitrogen and oxygen atoms in total. The Morgan fingerprint density at radius 3 is 1.65 bits per heavy atom. The van der Waals surface area contributed by atoms with E-state index in [0.717, 1.165) is 5.92 Å². The van der Waals surface area contributed by atoms with Gasteiger partial charge in [0.1, 0.15) is 0 Å². The Hall–Kier alpha value is 0.350. The molecule has 0 aromatic heterocycles. The molecule has 0 aliphatic carbocycles. The summed E-state index contributed by atoms with van der Waals surface area (Å²) in [7, 11) is 0. The van der Waals surface area contributed by atoms with Crippen molar-refractivity contribution in [3.05, 3.63) is 0 Å². The fourth-order valence-corrected chi connectivity index (χ4v) is 3.98. The van der Waals surface area contributed by atoms with Crippen molar-refractivity contribution in [3.63, 3.8) is 0 Å². The van der Waals surface area contributed by atoms with Crippen LogP contribution in [-0.4, -0.2) is 10.5 Å². The van der Waals surface area contributed by atoms with E-state index in [-0.39, 0.29) is 0 Å². The van der Waals surface area contributed by atoms with Crippen LogP contribution in [0.4, 0.5) is 0 Å². The van der Waals surface area contributed by atoms with Crippen molar-refractivity contribution in [2.75, 3.05) is 5.75 Å². The molecule has 0 spiro atoms. The molecule has 0 aromatic carbocycles. The van der Waals surface area contributed by atoms with E-state index in [1.54, 1.807) is 0 Å². The van der Waals surface area contributed by atoms with Gasteiger partial charge < -0.3 is 0 Å². The predicted molar refractivity (Wildman–Crippen MR) is 97.8 cm³/mol. The topological polar surface area (TPSA) is 0 Å². The Morgan fingerprint density at radius 2 is 1.20 bits per heavy atom. The summed E-state index contributed by atoms with van der Waals surface area (Å²) in [6.07, 6.45) is 15.6. The van der Waals surface area contributed by atoms with Crippen molar-refractivity contribution in [2.45, 2.75) is 110 Å². The SMILES string of the molecule is CCCCCCCC(C)(CCCCCC)SCC(C)C. The number of thioether (sulfide) groups is 1. The van der Waals surface area contributed by atoms with Crippen LogP contribution in [0.2, 0.25) is 0 Å². The van der Waals surface area contributed by atoms with Gasteiger partial charge >= 0.3 is 0 Å². The average molecular weight is 301 g/mol. The molecule has 122 valence electrons. The van der Waals surface area contributed by atoms with Crippen LogP contribution in [0.1, 0.15) is 105 Å². The van der Waals surface area contributed by atoms with E-state index < -0.39 is 0 Å². The fraction of sp³-hybridized carbons (Fsp3) is 1.00. The predicted octanol–water partition coefficient (Wildman–Crippen LogP) is 7.47. The summed E-state index contributed by atoms with van der Waals surface area (Å²) in [4.78, 5) is 0. The molecule has 1 heteroatoms. The minimum absolute atomic E-state index is 0.546. The van der Waals surface area contributed by atoms with Crippen LogP contribution in [0.15, 0.2) is 0 Å². The van der Waals surface area contributed by atoms with Gasteiger partial charge in [0.2, 0.25) is 0 Å². The molecule has 0 amide bonds. The average Bonchev–Trinajstić information content (AvgIpc) is 2.42. The van der Waals surface area contributed by atoms with Crippen molar-refractivity contribution >= 4 is 11.8 Å². The molecular formula is C19H40S. The first-order valence-corrected chi connectivity index (χ1v) is 10.2. The van der Waals surface area contributed by atoms with E-state index in [0.29, 0.717) is 4.75 Å². The van der Waals surface area contributed by atoms with Crippen LogP contribution in [-0.2, 0) is 0 Å².